The molecule has 0 bridgehead atoms. The molecule has 1 aromatic rings. The summed E-state index contributed by atoms with van der Waals surface area (Å²) in [6, 6.07) is 3.90. The van der Waals surface area contributed by atoms with Crippen LogP contribution in [0.5, 0.6) is 0 Å². The second kappa shape index (κ2) is 5.55. The zero-order chi connectivity index (χ0) is 14.0. The molecule has 0 aliphatic heterocycles. The molecule has 0 saturated heterocycles. The van der Waals surface area contributed by atoms with Crippen molar-refractivity contribution < 1.29 is 13.9 Å². The van der Waals surface area contributed by atoms with Gasteiger partial charge in [-0.15, -0.1) is 0 Å². The van der Waals surface area contributed by atoms with Gasteiger partial charge in [0.1, 0.15) is 0 Å². The topological polar surface area (TPSA) is 32.3 Å². The molecule has 1 aromatic carbocycles. The summed E-state index contributed by atoms with van der Waals surface area (Å²) in [6.45, 7) is 4.78. The third-order valence-corrected chi connectivity index (χ3v) is 4.14. The summed E-state index contributed by atoms with van der Waals surface area (Å²) >= 11 is 0. The van der Waals surface area contributed by atoms with Crippen molar-refractivity contribution in [3.63, 3.8) is 0 Å². The summed E-state index contributed by atoms with van der Waals surface area (Å²) in [7, 11) is 0. The molecule has 2 atom stereocenters. The van der Waals surface area contributed by atoms with Gasteiger partial charge < -0.3 is 10.4 Å². The molecular weight excluding hydrogens is 248 g/mol. The first-order valence-electron chi connectivity index (χ1n) is 6.76. The molecule has 2 N–H and O–H groups in total. The van der Waals surface area contributed by atoms with Gasteiger partial charge in [-0.3, -0.25) is 0 Å². The number of benzene rings is 1. The van der Waals surface area contributed by atoms with Gasteiger partial charge in [0, 0.05) is 12.6 Å². The van der Waals surface area contributed by atoms with Crippen LogP contribution in [0, 0.1) is 17.0 Å². The van der Waals surface area contributed by atoms with Crippen molar-refractivity contribution in [3.8, 4) is 0 Å². The van der Waals surface area contributed by atoms with Crippen LogP contribution in [0.3, 0.4) is 0 Å². The van der Waals surface area contributed by atoms with Gasteiger partial charge in [-0.05, 0) is 36.0 Å². The molecule has 2 unspecified atom stereocenters. The molecule has 1 fully saturated rings. The Morgan fingerprint density at radius 2 is 2.11 bits per heavy atom. The number of aliphatic hydroxyl groups is 1. The van der Waals surface area contributed by atoms with E-state index < -0.39 is 17.7 Å². The zero-order valence-corrected chi connectivity index (χ0v) is 11.4. The zero-order valence-electron chi connectivity index (χ0n) is 11.4. The van der Waals surface area contributed by atoms with Crippen LogP contribution >= 0.6 is 0 Å². The Labute approximate surface area is 112 Å². The molecule has 2 rings (SSSR count). The van der Waals surface area contributed by atoms with Crippen LogP contribution < -0.4 is 5.32 Å². The molecule has 106 valence electrons. The van der Waals surface area contributed by atoms with Crippen LogP contribution in [0.4, 0.5) is 8.78 Å². The van der Waals surface area contributed by atoms with Crippen LogP contribution in [0.1, 0.15) is 44.8 Å². The van der Waals surface area contributed by atoms with Gasteiger partial charge in [-0.25, -0.2) is 8.78 Å². The predicted octanol–water partition coefficient (Wildman–Crippen LogP) is 3.17. The van der Waals surface area contributed by atoms with E-state index in [1.807, 2.05) is 0 Å². The van der Waals surface area contributed by atoms with Gasteiger partial charge in [-0.1, -0.05) is 26.3 Å². The van der Waals surface area contributed by atoms with E-state index in [0.717, 1.165) is 18.6 Å². The molecule has 0 amide bonds. The Bertz CT molecular complexity index is 448. The van der Waals surface area contributed by atoms with E-state index in [1.54, 1.807) is 0 Å². The van der Waals surface area contributed by atoms with Crippen molar-refractivity contribution in [2.75, 3.05) is 6.54 Å². The lowest BCUT2D eigenvalue weighted by molar-refractivity contribution is 0.157. The number of nitrogens with one attached hydrogen (secondary N) is 1. The highest BCUT2D eigenvalue weighted by Gasteiger charge is 2.34. The molecule has 1 aliphatic rings. The number of hydrogen-bond acceptors (Lipinski definition) is 2. The predicted molar refractivity (Wildman–Crippen MR) is 70.7 cm³/mol. The average molecular weight is 269 g/mol. The largest absolute Gasteiger partial charge is 0.387 e. The smallest absolute Gasteiger partial charge is 0.159 e. The van der Waals surface area contributed by atoms with E-state index in [0.29, 0.717) is 18.2 Å². The number of halogens is 2. The molecule has 4 heteroatoms. The van der Waals surface area contributed by atoms with E-state index in [1.165, 1.54) is 18.9 Å². The number of aliphatic hydroxyl groups excluding tert-OH is 1. The normalized spacial score (nSPS) is 23.5. The van der Waals surface area contributed by atoms with Crippen LogP contribution in [0.25, 0.3) is 0 Å². The quantitative estimate of drug-likeness (QED) is 0.880. The molecule has 19 heavy (non-hydrogen) atoms. The third kappa shape index (κ3) is 3.31. The van der Waals surface area contributed by atoms with E-state index in [4.69, 9.17) is 0 Å². The minimum absolute atomic E-state index is 0.230. The summed E-state index contributed by atoms with van der Waals surface area (Å²) < 4.78 is 25.9. The fourth-order valence-electron chi connectivity index (χ4n) is 2.80. The maximum atomic E-state index is 13.1. The summed E-state index contributed by atoms with van der Waals surface area (Å²) in [4.78, 5) is 0. The van der Waals surface area contributed by atoms with Crippen LogP contribution in [0.15, 0.2) is 18.2 Å². The van der Waals surface area contributed by atoms with Crippen LogP contribution in [-0.4, -0.2) is 17.7 Å². The Morgan fingerprint density at radius 1 is 1.37 bits per heavy atom. The van der Waals surface area contributed by atoms with Crippen LogP contribution in [-0.2, 0) is 0 Å². The van der Waals surface area contributed by atoms with Gasteiger partial charge >= 0.3 is 0 Å². The second-order valence-corrected chi connectivity index (χ2v) is 6.03. The lowest BCUT2D eigenvalue weighted by Crippen LogP contribution is -2.39. The van der Waals surface area contributed by atoms with Gasteiger partial charge in [0.2, 0.25) is 0 Å². The molecular formula is C15H21F2NO. The summed E-state index contributed by atoms with van der Waals surface area (Å²) in [5.74, 6) is -1.81. The first-order chi connectivity index (χ1) is 8.90. The highest BCUT2D eigenvalue weighted by molar-refractivity contribution is 5.20. The van der Waals surface area contributed by atoms with E-state index >= 15 is 0 Å². The summed E-state index contributed by atoms with van der Waals surface area (Å²) in [5.41, 5.74) is 0.635. The van der Waals surface area contributed by atoms with Crippen molar-refractivity contribution >= 4 is 0 Å². The highest BCUT2D eigenvalue weighted by atomic mass is 19.2. The SMILES string of the molecule is CC1(C)CCCC1NCC(O)c1ccc(F)c(F)c1. The first-order valence-corrected chi connectivity index (χ1v) is 6.76. The van der Waals surface area contributed by atoms with Crippen molar-refractivity contribution in [2.24, 2.45) is 5.41 Å². The molecule has 0 heterocycles. The van der Waals surface area contributed by atoms with Gasteiger partial charge in [-0.2, -0.15) is 0 Å². The lowest BCUT2D eigenvalue weighted by Gasteiger charge is -2.29. The van der Waals surface area contributed by atoms with Crippen LogP contribution in [0.2, 0.25) is 0 Å². The fraction of sp³-hybridized carbons (Fsp3) is 0.600. The van der Waals surface area contributed by atoms with E-state index in [-0.39, 0.29) is 5.41 Å². The molecule has 0 aromatic heterocycles. The Morgan fingerprint density at radius 3 is 2.68 bits per heavy atom. The third-order valence-electron chi connectivity index (χ3n) is 4.14. The number of hydrogen-bond donors (Lipinski definition) is 2. The standard InChI is InChI=1S/C15H21F2NO/c1-15(2)7-3-4-14(15)18-9-13(19)10-5-6-11(16)12(17)8-10/h5-6,8,13-14,18-19H,3-4,7,9H2,1-2H3. The Kier molecular flexibility index (Phi) is 4.21. The molecule has 2 nitrogen and oxygen atoms in total. The minimum Gasteiger partial charge on any atom is -0.387 e. The summed E-state index contributed by atoms with van der Waals surface area (Å²) in [5, 5.41) is 13.4. The van der Waals surface area contributed by atoms with E-state index in [2.05, 4.69) is 19.2 Å². The Balaban J connectivity index is 1.94. The van der Waals surface area contributed by atoms with Crippen molar-refractivity contribution in [1.82, 2.24) is 5.32 Å². The summed E-state index contributed by atoms with van der Waals surface area (Å²) in [6.07, 6.45) is 2.64. The van der Waals surface area contributed by atoms with Crippen molar-refractivity contribution in [1.29, 1.82) is 0 Å². The minimum atomic E-state index is -0.919. The average Bonchev–Trinajstić information content (AvgIpc) is 2.69. The van der Waals surface area contributed by atoms with E-state index in [9.17, 15) is 13.9 Å². The van der Waals surface area contributed by atoms with Gasteiger partial charge in [0.05, 0.1) is 6.10 Å². The monoisotopic (exact) mass is 269 g/mol. The Hall–Kier alpha value is -1.00. The molecule has 1 aliphatic carbocycles. The van der Waals surface area contributed by atoms with Crippen molar-refractivity contribution in [2.45, 2.75) is 45.3 Å². The number of rotatable bonds is 4. The fourth-order valence-corrected chi connectivity index (χ4v) is 2.80. The highest BCUT2D eigenvalue weighted by Crippen LogP contribution is 2.37. The van der Waals surface area contributed by atoms with Gasteiger partial charge in [0.25, 0.3) is 0 Å². The molecule has 0 spiro atoms. The second-order valence-electron chi connectivity index (χ2n) is 6.03. The maximum Gasteiger partial charge on any atom is 0.159 e. The first kappa shape index (κ1) is 14.4. The lowest BCUT2D eigenvalue weighted by atomic mass is 9.87. The molecule has 1 saturated carbocycles. The van der Waals surface area contributed by atoms with Crippen molar-refractivity contribution in [3.05, 3.63) is 35.4 Å². The maximum absolute atomic E-state index is 13.1. The van der Waals surface area contributed by atoms with Gasteiger partial charge in [0.15, 0.2) is 11.6 Å². The molecule has 0 radical (unpaired) electrons.